The van der Waals surface area contributed by atoms with Crippen LogP contribution in [0.2, 0.25) is 5.02 Å². The average molecular weight is 351 g/mol. The number of ether oxygens (including phenoxy) is 1. The number of benzene rings is 1. The maximum absolute atomic E-state index is 12.3. The standard InChI is InChI=1S/C18H23ClN2O3/c19-14-6-7-16(15(10-14)13-4-2-1-3-5-13)24-12-18(23)21-9-8-20-17(22)11-21/h6-7,10,13H,1-5,8-9,11-12H2,(H,20,22). The molecule has 2 fully saturated rings. The monoisotopic (exact) mass is 350 g/mol. The van der Waals surface area contributed by atoms with Crippen molar-refractivity contribution >= 4 is 23.4 Å². The maximum Gasteiger partial charge on any atom is 0.261 e. The Kier molecular flexibility index (Phi) is 5.61. The second-order valence-electron chi connectivity index (χ2n) is 6.47. The Balaban J connectivity index is 1.66. The first-order chi connectivity index (χ1) is 11.6. The molecule has 1 heterocycles. The lowest BCUT2D eigenvalue weighted by molar-refractivity contribution is -0.139. The highest BCUT2D eigenvalue weighted by atomic mass is 35.5. The SMILES string of the molecule is O=C1CN(C(=O)COc2ccc(Cl)cc2C2CCCCC2)CCN1. The van der Waals surface area contributed by atoms with Crippen LogP contribution in [0.1, 0.15) is 43.6 Å². The Morgan fingerprint density at radius 3 is 2.83 bits per heavy atom. The summed E-state index contributed by atoms with van der Waals surface area (Å²) in [4.78, 5) is 25.2. The number of amides is 2. The zero-order valence-electron chi connectivity index (χ0n) is 13.7. The number of halogens is 1. The molecule has 2 aliphatic rings. The summed E-state index contributed by atoms with van der Waals surface area (Å²) in [5, 5.41) is 3.41. The Labute approximate surface area is 147 Å². The normalized spacial score (nSPS) is 19.0. The highest BCUT2D eigenvalue weighted by Gasteiger charge is 2.23. The van der Waals surface area contributed by atoms with Crippen molar-refractivity contribution in [3.63, 3.8) is 0 Å². The molecule has 0 atom stereocenters. The predicted molar refractivity (Wildman–Crippen MR) is 92.4 cm³/mol. The zero-order chi connectivity index (χ0) is 16.9. The molecule has 5 nitrogen and oxygen atoms in total. The zero-order valence-corrected chi connectivity index (χ0v) is 14.5. The Bertz CT molecular complexity index is 614. The van der Waals surface area contributed by atoms with Crippen molar-refractivity contribution in [1.82, 2.24) is 10.2 Å². The van der Waals surface area contributed by atoms with Crippen LogP contribution in [0.3, 0.4) is 0 Å². The van der Waals surface area contributed by atoms with Gasteiger partial charge in [-0.3, -0.25) is 9.59 Å². The van der Waals surface area contributed by atoms with Gasteiger partial charge in [0.15, 0.2) is 6.61 Å². The summed E-state index contributed by atoms with van der Waals surface area (Å²) in [6.07, 6.45) is 5.99. The molecule has 6 heteroatoms. The Morgan fingerprint density at radius 1 is 1.29 bits per heavy atom. The molecule has 3 rings (SSSR count). The predicted octanol–water partition coefficient (Wildman–Crippen LogP) is 2.72. The molecule has 2 amide bonds. The van der Waals surface area contributed by atoms with E-state index >= 15 is 0 Å². The third-order valence-corrected chi connectivity index (χ3v) is 4.99. The third kappa shape index (κ3) is 4.20. The van der Waals surface area contributed by atoms with Crippen LogP contribution in [0, 0.1) is 0 Å². The summed E-state index contributed by atoms with van der Waals surface area (Å²) in [5.74, 6) is 0.905. The molecular weight excluding hydrogens is 328 g/mol. The third-order valence-electron chi connectivity index (χ3n) is 4.76. The lowest BCUT2D eigenvalue weighted by Gasteiger charge is -2.27. The van der Waals surface area contributed by atoms with E-state index in [1.807, 2.05) is 12.1 Å². The van der Waals surface area contributed by atoms with Crippen molar-refractivity contribution < 1.29 is 14.3 Å². The number of carbonyl (C=O) groups excluding carboxylic acids is 2. The van der Waals surface area contributed by atoms with E-state index < -0.39 is 0 Å². The molecule has 1 aromatic carbocycles. The van der Waals surface area contributed by atoms with Gasteiger partial charge in [0.05, 0.1) is 6.54 Å². The van der Waals surface area contributed by atoms with Crippen molar-refractivity contribution in [3.8, 4) is 5.75 Å². The van der Waals surface area contributed by atoms with E-state index in [4.69, 9.17) is 16.3 Å². The minimum atomic E-state index is -0.158. The lowest BCUT2D eigenvalue weighted by atomic mass is 9.84. The van der Waals surface area contributed by atoms with E-state index in [9.17, 15) is 9.59 Å². The number of carbonyl (C=O) groups is 2. The molecule has 1 aliphatic heterocycles. The van der Waals surface area contributed by atoms with E-state index in [1.54, 1.807) is 6.07 Å². The Morgan fingerprint density at radius 2 is 2.08 bits per heavy atom. The van der Waals surface area contributed by atoms with Gasteiger partial charge in [-0.1, -0.05) is 30.9 Å². The van der Waals surface area contributed by atoms with Crippen molar-refractivity contribution in [2.75, 3.05) is 26.2 Å². The van der Waals surface area contributed by atoms with Crippen LogP contribution in [0.4, 0.5) is 0 Å². The number of hydrogen-bond acceptors (Lipinski definition) is 3. The Hall–Kier alpha value is -1.75. The number of nitrogens with one attached hydrogen (secondary N) is 1. The topological polar surface area (TPSA) is 58.6 Å². The largest absolute Gasteiger partial charge is 0.483 e. The second-order valence-corrected chi connectivity index (χ2v) is 6.91. The maximum atomic E-state index is 12.3. The number of hydrogen-bond donors (Lipinski definition) is 1. The highest BCUT2D eigenvalue weighted by Crippen LogP contribution is 2.38. The van der Waals surface area contributed by atoms with E-state index in [1.165, 1.54) is 24.2 Å². The van der Waals surface area contributed by atoms with Crippen molar-refractivity contribution in [2.24, 2.45) is 0 Å². The molecule has 1 N–H and O–H groups in total. The van der Waals surface area contributed by atoms with E-state index in [0.717, 1.165) is 24.2 Å². The van der Waals surface area contributed by atoms with Gasteiger partial charge in [0.1, 0.15) is 5.75 Å². The minimum absolute atomic E-state index is 0.0470. The van der Waals surface area contributed by atoms with Gasteiger partial charge in [-0.05, 0) is 42.5 Å². The van der Waals surface area contributed by atoms with Crippen LogP contribution in [0.15, 0.2) is 18.2 Å². The first kappa shape index (κ1) is 17.1. The number of piperazine rings is 1. The molecule has 130 valence electrons. The number of rotatable bonds is 4. The molecule has 0 unspecified atom stereocenters. The quantitative estimate of drug-likeness (QED) is 0.908. The summed E-state index contributed by atoms with van der Waals surface area (Å²) in [6, 6.07) is 5.61. The van der Waals surface area contributed by atoms with Gasteiger partial charge >= 0.3 is 0 Å². The summed E-state index contributed by atoms with van der Waals surface area (Å²) in [7, 11) is 0. The van der Waals surface area contributed by atoms with Gasteiger partial charge in [-0.25, -0.2) is 0 Å². The summed E-state index contributed by atoms with van der Waals surface area (Å²) in [5.41, 5.74) is 1.10. The summed E-state index contributed by atoms with van der Waals surface area (Å²) in [6.45, 7) is 1.09. The van der Waals surface area contributed by atoms with Crippen LogP contribution in [0.5, 0.6) is 5.75 Å². The molecule has 0 bridgehead atoms. The molecular formula is C18H23ClN2O3. The van der Waals surface area contributed by atoms with Gasteiger partial charge < -0.3 is 15.0 Å². The lowest BCUT2D eigenvalue weighted by Crippen LogP contribution is -2.51. The minimum Gasteiger partial charge on any atom is -0.483 e. The van der Waals surface area contributed by atoms with Crippen molar-refractivity contribution in [2.45, 2.75) is 38.0 Å². The first-order valence-corrected chi connectivity index (χ1v) is 8.98. The van der Waals surface area contributed by atoms with Gasteiger partial charge in [0.25, 0.3) is 5.91 Å². The second kappa shape index (κ2) is 7.88. The molecule has 1 aliphatic carbocycles. The van der Waals surface area contributed by atoms with Gasteiger partial charge in [-0.2, -0.15) is 0 Å². The van der Waals surface area contributed by atoms with Gasteiger partial charge in [0, 0.05) is 18.1 Å². The molecule has 1 saturated carbocycles. The van der Waals surface area contributed by atoms with Crippen LogP contribution in [-0.4, -0.2) is 43.0 Å². The molecule has 1 saturated heterocycles. The van der Waals surface area contributed by atoms with Crippen LogP contribution in [0.25, 0.3) is 0 Å². The fraction of sp³-hybridized carbons (Fsp3) is 0.556. The molecule has 0 aromatic heterocycles. The summed E-state index contributed by atoms with van der Waals surface area (Å²) >= 11 is 6.16. The summed E-state index contributed by atoms with van der Waals surface area (Å²) < 4.78 is 5.81. The van der Waals surface area contributed by atoms with Crippen molar-refractivity contribution in [3.05, 3.63) is 28.8 Å². The van der Waals surface area contributed by atoms with Crippen LogP contribution >= 0.6 is 11.6 Å². The van der Waals surface area contributed by atoms with Gasteiger partial charge in [0.2, 0.25) is 5.91 Å². The smallest absolute Gasteiger partial charge is 0.261 e. The molecule has 0 radical (unpaired) electrons. The molecule has 1 aromatic rings. The first-order valence-electron chi connectivity index (χ1n) is 8.60. The number of nitrogens with zero attached hydrogens (tertiary/aromatic N) is 1. The molecule has 24 heavy (non-hydrogen) atoms. The average Bonchev–Trinajstić information content (AvgIpc) is 2.61. The van der Waals surface area contributed by atoms with Crippen LogP contribution < -0.4 is 10.1 Å². The van der Waals surface area contributed by atoms with E-state index in [0.29, 0.717) is 24.0 Å². The molecule has 0 spiro atoms. The van der Waals surface area contributed by atoms with Crippen LogP contribution in [-0.2, 0) is 9.59 Å². The van der Waals surface area contributed by atoms with Crippen molar-refractivity contribution in [1.29, 1.82) is 0 Å². The van der Waals surface area contributed by atoms with E-state index in [-0.39, 0.29) is 25.0 Å². The fourth-order valence-electron chi connectivity index (χ4n) is 3.47. The fourth-order valence-corrected chi connectivity index (χ4v) is 3.65. The van der Waals surface area contributed by atoms with Gasteiger partial charge in [-0.15, -0.1) is 0 Å². The van der Waals surface area contributed by atoms with E-state index in [2.05, 4.69) is 5.32 Å². The highest BCUT2D eigenvalue weighted by molar-refractivity contribution is 6.30.